The second-order valence-electron chi connectivity index (χ2n) is 8.10. The zero-order chi connectivity index (χ0) is 24.5. The number of hydrogen-bond donors (Lipinski definition) is 1. The molecule has 1 aromatic carbocycles. The summed E-state index contributed by atoms with van der Waals surface area (Å²) in [6.45, 7) is 7.64. The van der Waals surface area contributed by atoms with Crippen LogP contribution in [0.3, 0.4) is 0 Å². The van der Waals surface area contributed by atoms with Crippen LogP contribution in [0.4, 0.5) is 13.2 Å². The third kappa shape index (κ3) is 8.39. The maximum absolute atomic E-state index is 12.3. The number of benzene rings is 1. The highest BCUT2D eigenvalue weighted by Crippen LogP contribution is 2.38. The highest BCUT2D eigenvalue weighted by molar-refractivity contribution is 7.92. The van der Waals surface area contributed by atoms with Crippen LogP contribution in [0.25, 0.3) is 0 Å². The Hall–Kier alpha value is -1.61. The average molecular weight is 480 g/mol. The molecule has 2 atom stereocenters. The van der Waals surface area contributed by atoms with Crippen molar-refractivity contribution >= 4 is 15.6 Å². The molecule has 32 heavy (non-hydrogen) atoms. The van der Waals surface area contributed by atoms with Crippen LogP contribution in [0, 0.1) is 11.8 Å². The molecule has 0 aromatic heterocycles. The lowest BCUT2D eigenvalue weighted by molar-refractivity contribution is -0.274. The van der Waals surface area contributed by atoms with Crippen LogP contribution in [0.2, 0.25) is 0 Å². The molecule has 0 bridgehead atoms. The Balaban J connectivity index is 0.000000358. The molecule has 5 nitrogen and oxygen atoms in total. The Bertz CT molecular complexity index is 821. The maximum Gasteiger partial charge on any atom is 0.573 e. The zero-order valence-electron chi connectivity index (χ0n) is 19.3. The fourth-order valence-electron chi connectivity index (χ4n) is 3.97. The summed E-state index contributed by atoms with van der Waals surface area (Å²) < 4.78 is 64.7. The number of rotatable bonds is 5. The molecule has 0 amide bonds. The van der Waals surface area contributed by atoms with Gasteiger partial charge >= 0.3 is 6.36 Å². The topological polar surface area (TPSA) is 86.5 Å². The van der Waals surface area contributed by atoms with Gasteiger partial charge in [0, 0.05) is 12.0 Å². The van der Waals surface area contributed by atoms with Gasteiger partial charge in [-0.15, -0.1) is 13.2 Å². The molecule has 2 aliphatic carbocycles. The molecule has 2 N–H and O–H groups in total. The van der Waals surface area contributed by atoms with Crippen molar-refractivity contribution in [2.75, 3.05) is 0 Å². The molecule has 2 aliphatic rings. The summed E-state index contributed by atoms with van der Waals surface area (Å²) in [7, 11) is -3.57. The third-order valence-corrected chi connectivity index (χ3v) is 8.09. The first-order valence-electron chi connectivity index (χ1n) is 11.3. The zero-order valence-corrected chi connectivity index (χ0v) is 20.1. The normalized spacial score (nSPS) is 25.2. The number of ether oxygens (including phenoxy) is 1. The molecule has 1 unspecified atom stereocenters. The predicted octanol–water partition coefficient (Wildman–Crippen LogP) is 5.67. The van der Waals surface area contributed by atoms with E-state index in [0.717, 1.165) is 31.4 Å². The Kier molecular flexibility index (Phi) is 11.2. The van der Waals surface area contributed by atoms with E-state index in [1.807, 2.05) is 20.8 Å². The molecule has 0 aliphatic heterocycles. The van der Waals surface area contributed by atoms with Gasteiger partial charge in [0.25, 0.3) is 0 Å². The molecule has 0 saturated heterocycles. The highest BCUT2D eigenvalue weighted by atomic mass is 32.2. The van der Waals surface area contributed by atoms with Gasteiger partial charge in [-0.05, 0) is 56.7 Å². The summed E-state index contributed by atoms with van der Waals surface area (Å²) in [5.41, 5.74) is 5.76. The van der Waals surface area contributed by atoms with Crippen molar-refractivity contribution in [3.8, 4) is 5.75 Å². The van der Waals surface area contributed by atoms with Gasteiger partial charge in [0.05, 0.1) is 10.1 Å². The number of nitrogens with two attached hydrogens (primary N) is 1. The van der Waals surface area contributed by atoms with Gasteiger partial charge in [-0.3, -0.25) is 4.79 Å². The molecule has 0 radical (unpaired) electrons. The molecular formula is C23H36F3NO4S. The molecular weight excluding hydrogens is 443 g/mol. The van der Waals surface area contributed by atoms with Gasteiger partial charge in [-0.2, -0.15) is 0 Å². The van der Waals surface area contributed by atoms with Crippen LogP contribution in [-0.2, 0) is 14.6 Å². The Labute approximate surface area is 189 Å². The number of ketones is 1. The van der Waals surface area contributed by atoms with Gasteiger partial charge in [-0.1, -0.05) is 46.1 Å². The van der Waals surface area contributed by atoms with Crippen molar-refractivity contribution in [1.82, 2.24) is 0 Å². The molecule has 2 fully saturated rings. The largest absolute Gasteiger partial charge is 0.573 e. The summed E-state index contributed by atoms with van der Waals surface area (Å²) >= 11 is 0. The number of carbonyl (C=O) groups is 1. The molecule has 0 spiro atoms. The Morgan fingerprint density at radius 2 is 1.75 bits per heavy atom. The monoisotopic (exact) mass is 479 g/mol. The molecule has 184 valence electrons. The standard InChI is InChI=1S/C13H15F3O3S.C8H15NO.C2H6/c1-2-9-6-12(7-9)20(17,18)11-5-3-4-10(8-11)19-13(14,15)16;1-6(10)7-4-2-3-5-8(7)9;1-2/h3-5,8-9,12H,2,6-7H2,1H3;7-8H,2-5,9H2,1H3;1-2H3/t;7-,8?;/m.1./s1. The molecule has 1 aromatic rings. The lowest BCUT2D eigenvalue weighted by atomic mass is 9.83. The van der Waals surface area contributed by atoms with E-state index in [1.165, 1.54) is 25.0 Å². The third-order valence-electron chi connectivity index (χ3n) is 5.92. The fraction of sp³-hybridized carbons (Fsp3) is 0.696. The van der Waals surface area contributed by atoms with Crippen LogP contribution >= 0.6 is 0 Å². The fourth-order valence-corrected chi connectivity index (χ4v) is 5.95. The van der Waals surface area contributed by atoms with Crippen LogP contribution in [0.1, 0.15) is 72.6 Å². The van der Waals surface area contributed by atoms with E-state index in [1.54, 1.807) is 6.92 Å². The quantitative estimate of drug-likeness (QED) is 0.588. The van der Waals surface area contributed by atoms with Crippen LogP contribution in [0.15, 0.2) is 29.2 Å². The minimum absolute atomic E-state index is 0.112. The van der Waals surface area contributed by atoms with E-state index in [0.29, 0.717) is 18.8 Å². The predicted molar refractivity (Wildman–Crippen MR) is 119 cm³/mol. The van der Waals surface area contributed by atoms with Crippen molar-refractivity contribution in [3.63, 3.8) is 0 Å². The van der Waals surface area contributed by atoms with Gasteiger partial charge in [-0.25, -0.2) is 8.42 Å². The first-order chi connectivity index (χ1) is 14.9. The number of hydrogen-bond acceptors (Lipinski definition) is 5. The Morgan fingerprint density at radius 1 is 1.16 bits per heavy atom. The first-order valence-corrected chi connectivity index (χ1v) is 12.8. The molecule has 3 rings (SSSR count). The van der Waals surface area contributed by atoms with Crippen molar-refractivity contribution in [1.29, 1.82) is 0 Å². The summed E-state index contributed by atoms with van der Waals surface area (Å²) in [6, 6.07) is 4.72. The van der Waals surface area contributed by atoms with E-state index in [2.05, 4.69) is 4.74 Å². The van der Waals surface area contributed by atoms with E-state index in [4.69, 9.17) is 5.73 Å². The minimum Gasteiger partial charge on any atom is -0.406 e. The number of halogens is 3. The van der Waals surface area contributed by atoms with Gasteiger partial charge in [0.15, 0.2) is 9.84 Å². The van der Waals surface area contributed by atoms with E-state index in [-0.39, 0.29) is 22.6 Å². The Morgan fingerprint density at radius 3 is 2.22 bits per heavy atom. The highest BCUT2D eigenvalue weighted by Gasteiger charge is 2.39. The first kappa shape index (κ1) is 28.4. The van der Waals surface area contributed by atoms with Crippen molar-refractivity contribution in [3.05, 3.63) is 24.3 Å². The van der Waals surface area contributed by atoms with Crippen molar-refractivity contribution < 1.29 is 31.1 Å². The summed E-state index contributed by atoms with van der Waals surface area (Å²) in [6.07, 6.45) is 1.66. The van der Waals surface area contributed by atoms with Gasteiger partial charge < -0.3 is 10.5 Å². The minimum atomic E-state index is -4.83. The maximum atomic E-state index is 12.3. The van der Waals surface area contributed by atoms with Crippen molar-refractivity contribution in [2.24, 2.45) is 17.6 Å². The van der Waals surface area contributed by atoms with Gasteiger partial charge in [0.1, 0.15) is 11.5 Å². The van der Waals surface area contributed by atoms with Crippen LogP contribution in [0.5, 0.6) is 5.75 Å². The lowest BCUT2D eigenvalue weighted by Gasteiger charge is -2.34. The molecule has 9 heteroatoms. The second kappa shape index (κ2) is 12.6. The summed E-state index contributed by atoms with van der Waals surface area (Å²) in [5.74, 6) is 0.315. The van der Waals surface area contributed by atoms with E-state index in [9.17, 15) is 26.4 Å². The van der Waals surface area contributed by atoms with Crippen LogP contribution < -0.4 is 10.5 Å². The smallest absolute Gasteiger partial charge is 0.406 e. The summed E-state index contributed by atoms with van der Waals surface area (Å²) in [4.78, 5) is 10.8. The van der Waals surface area contributed by atoms with Crippen molar-refractivity contribution in [2.45, 2.75) is 95.2 Å². The van der Waals surface area contributed by atoms with E-state index < -0.39 is 27.2 Å². The summed E-state index contributed by atoms with van der Waals surface area (Å²) in [5, 5.41) is -0.492. The average Bonchev–Trinajstić information content (AvgIpc) is 2.68. The lowest BCUT2D eigenvalue weighted by Crippen LogP contribution is -2.36. The second-order valence-corrected chi connectivity index (χ2v) is 10.3. The number of sulfone groups is 1. The SMILES string of the molecule is CC.CC(=O)[C@H]1CCCCC1N.CCC1CC(S(=O)(=O)c2cccc(OC(F)(F)F)c2)C1. The van der Waals surface area contributed by atoms with E-state index >= 15 is 0 Å². The van der Waals surface area contributed by atoms with Gasteiger partial charge in [0.2, 0.25) is 0 Å². The number of Topliss-reactive ketones (excluding diaryl/α,β-unsaturated/α-hetero) is 1. The number of carbonyl (C=O) groups excluding carboxylic acids is 1. The molecule has 0 heterocycles. The molecule has 2 saturated carbocycles. The van der Waals surface area contributed by atoms with Crippen LogP contribution in [-0.4, -0.2) is 31.9 Å². The number of alkyl halides is 3.